The summed E-state index contributed by atoms with van der Waals surface area (Å²) in [5.41, 5.74) is 0. The molecule has 0 fully saturated rings. The molecule has 1 N–H and O–H groups in total. The molecule has 188 valence electrons. The Morgan fingerprint density at radius 2 is 1.26 bits per heavy atom. The Bertz CT molecular complexity index is 460. The summed E-state index contributed by atoms with van der Waals surface area (Å²) in [6.07, 6.45) is 19.0. The standard InChI is InChI=1S/C25H51NO3P.CH4/c1-6-7-8-9-10-11-12-13-14-15-18-21-24(27)26-22-19-16-17-20-23-29-30(5,28)25(2,3)4;/h5-23H2,1-4H3,(H,26,27);1H4/q-1;. The molecule has 0 bridgehead atoms. The SMILES string of the molecule is C.[CH2-]P(=O)(OCCCCCCNC(=O)CCCCCCCCCCCCC)C(C)(C)C. The van der Waals surface area contributed by atoms with E-state index in [9.17, 15) is 9.36 Å². The molecule has 1 amide bonds. The van der Waals surface area contributed by atoms with Gasteiger partial charge < -0.3 is 14.4 Å². The zero-order valence-electron chi connectivity index (χ0n) is 20.6. The summed E-state index contributed by atoms with van der Waals surface area (Å²) >= 11 is 0. The molecule has 0 saturated carbocycles. The molecule has 1 atom stereocenters. The van der Waals surface area contributed by atoms with Gasteiger partial charge >= 0.3 is 0 Å². The summed E-state index contributed by atoms with van der Waals surface area (Å²) in [5, 5.41) is 2.63. The first-order chi connectivity index (χ1) is 14.2. The van der Waals surface area contributed by atoms with E-state index in [4.69, 9.17) is 4.52 Å². The van der Waals surface area contributed by atoms with Crippen LogP contribution in [0.3, 0.4) is 0 Å². The monoisotopic (exact) mass is 460 g/mol. The van der Waals surface area contributed by atoms with E-state index in [2.05, 4.69) is 18.9 Å². The first-order valence-corrected chi connectivity index (χ1v) is 14.4. The van der Waals surface area contributed by atoms with Gasteiger partial charge in [0.25, 0.3) is 0 Å². The maximum Gasteiger partial charge on any atom is 0.219 e. The predicted molar refractivity (Wildman–Crippen MR) is 138 cm³/mol. The number of hydrogen-bond donors (Lipinski definition) is 1. The number of nitrogens with one attached hydrogen (secondary N) is 1. The topological polar surface area (TPSA) is 55.4 Å². The van der Waals surface area contributed by atoms with Crippen LogP contribution in [0.15, 0.2) is 0 Å². The molecule has 0 aliphatic rings. The Labute approximate surface area is 195 Å². The molecule has 5 heteroatoms. The fraction of sp³-hybridized carbons (Fsp3) is 0.923. The van der Waals surface area contributed by atoms with Crippen molar-refractivity contribution in [3.63, 3.8) is 0 Å². The third kappa shape index (κ3) is 20.0. The van der Waals surface area contributed by atoms with Crippen molar-refractivity contribution in [1.29, 1.82) is 0 Å². The lowest BCUT2D eigenvalue weighted by molar-refractivity contribution is -0.121. The van der Waals surface area contributed by atoms with Crippen LogP contribution in [-0.2, 0) is 13.9 Å². The summed E-state index contributed by atoms with van der Waals surface area (Å²) in [4.78, 5) is 11.9. The van der Waals surface area contributed by atoms with Crippen LogP contribution in [-0.4, -0.2) is 24.2 Å². The highest BCUT2D eigenvalue weighted by Gasteiger charge is 2.25. The molecule has 0 aliphatic heterocycles. The van der Waals surface area contributed by atoms with Crippen LogP contribution < -0.4 is 5.32 Å². The van der Waals surface area contributed by atoms with E-state index in [1.165, 1.54) is 64.2 Å². The van der Waals surface area contributed by atoms with E-state index >= 15 is 0 Å². The number of hydrogen-bond acceptors (Lipinski definition) is 3. The third-order valence-electron chi connectivity index (χ3n) is 5.72. The average molecular weight is 461 g/mol. The Morgan fingerprint density at radius 1 is 0.806 bits per heavy atom. The molecule has 0 saturated heterocycles. The second-order valence-corrected chi connectivity index (χ2v) is 12.7. The van der Waals surface area contributed by atoms with Gasteiger partial charge in [-0.1, -0.05) is 112 Å². The lowest BCUT2D eigenvalue weighted by atomic mass is 10.1. The molecule has 0 aromatic rings. The molecule has 0 heterocycles. The van der Waals surface area contributed by atoms with E-state index in [0.29, 0.717) is 13.0 Å². The lowest BCUT2D eigenvalue weighted by Gasteiger charge is -2.33. The van der Waals surface area contributed by atoms with Crippen LogP contribution in [0.2, 0.25) is 0 Å². The summed E-state index contributed by atoms with van der Waals surface area (Å²) in [6.45, 7) is 13.0. The zero-order chi connectivity index (χ0) is 22.7. The highest BCUT2D eigenvalue weighted by atomic mass is 31.2. The van der Waals surface area contributed by atoms with E-state index < -0.39 is 12.5 Å². The molecule has 0 spiro atoms. The van der Waals surface area contributed by atoms with Gasteiger partial charge in [-0.3, -0.25) is 11.5 Å². The molecular weight excluding hydrogens is 405 g/mol. The Hall–Kier alpha value is -0.340. The molecule has 1 unspecified atom stereocenters. The van der Waals surface area contributed by atoms with Gasteiger partial charge in [-0.2, -0.15) is 0 Å². The molecule has 0 radical (unpaired) electrons. The van der Waals surface area contributed by atoms with Crippen molar-refractivity contribution in [3.8, 4) is 0 Å². The summed E-state index contributed by atoms with van der Waals surface area (Å²) in [6, 6.07) is 0. The van der Waals surface area contributed by atoms with Gasteiger partial charge in [0.2, 0.25) is 5.91 Å². The maximum absolute atomic E-state index is 12.3. The number of amides is 1. The summed E-state index contributed by atoms with van der Waals surface area (Å²) in [7, 11) is -2.79. The van der Waals surface area contributed by atoms with Gasteiger partial charge in [-0.15, -0.1) is 0 Å². The van der Waals surface area contributed by atoms with Crippen LogP contribution >= 0.6 is 7.37 Å². The lowest BCUT2D eigenvalue weighted by Crippen LogP contribution is -2.23. The van der Waals surface area contributed by atoms with E-state index in [-0.39, 0.29) is 13.3 Å². The van der Waals surface area contributed by atoms with Crippen LogP contribution in [0, 0.1) is 6.66 Å². The quantitative estimate of drug-likeness (QED) is 0.112. The largest absolute Gasteiger partial charge is 0.356 e. The third-order valence-corrected chi connectivity index (χ3v) is 8.37. The van der Waals surface area contributed by atoms with Crippen molar-refractivity contribution in [3.05, 3.63) is 6.66 Å². The molecule has 0 aromatic heterocycles. The van der Waals surface area contributed by atoms with Gasteiger partial charge in [0.1, 0.15) is 0 Å². The van der Waals surface area contributed by atoms with Crippen LogP contribution in [0.25, 0.3) is 0 Å². The second kappa shape index (κ2) is 20.3. The van der Waals surface area contributed by atoms with Crippen molar-refractivity contribution in [2.45, 2.75) is 143 Å². The van der Waals surface area contributed by atoms with Crippen LogP contribution in [0.5, 0.6) is 0 Å². The molecular formula is C26H55NO3P-. The highest BCUT2D eigenvalue weighted by Crippen LogP contribution is 2.57. The first-order valence-electron chi connectivity index (χ1n) is 12.6. The number of rotatable bonds is 20. The molecule has 0 aliphatic carbocycles. The fourth-order valence-electron chi connectivity index (χ4n) is 3.25. The van der Waals surface area contributed by atoms with Crippen molar-refractivity contribution in [2.75, 3.05) is 13.2 Å². The van der Waals surface area contributed by atoms with E-state index in [1.807, 2.05) is 20.8 Å². The van der Waals surface area contributed by atoms with Gasteiger partial charge in [0.05, 0.1) is 14.0 Å². The Morgan fingerprint density at radius 3 is 1.77 bits per heavy atom. The van der Waals surface area contributed by atoms with Gasteiger partial charge in [-0.25, -0.2) is 0 Å². The van der Waals surface area contributed by atoms with E-state index in [0.717, 1.165) is 38.6 Å². The smallest absolute Gasteiger partial charge is 0.219 e. The molecule has 31 heavy (non-hydrogen) atoms. The summed E-state index contributed by atoms with van der Waals surface area (Å²) in [5.74, 6) is 0.192. The van der Waals surface area contributed by atoms with Gasteiger partial charge in [0, 0.05) is 18.1 Å². The normalized spacial score (nSPS) is 13.5. The highest BCUT2D eigenvalue weighted by molar-refractivity contribution is 7.61. The van der Waals surface area contributed by atoms with Crippen molar-refractivity contribution in [1.82, 2.24) is 5.32 Å². The Balaban J connectivity index is 0. The van der Waals surface area contributed by atoms with Crippen molar-refractivity contribution >= 4 is 13.3 Å². The van der Waals surface area contributed by atoms with Gasteiger partial charge in [0.15, 0.2) is 0 Å². The number of unbranched alkanes of at least 4 members (excludes halogenated alkanes) is 13. The number of carbonyl (C=O) groups is 1. The minimum Gasteiger partial charge on any atom is -0.356 e. The second-order valence-electron chi connectivity index (χ2n) is 9.73. The van der Waals surface area contributed by atoms with Crippen LogP contribution in [0.4, 0.5) is 0 Å². The fourth-order valence-corrected chi connectivity index (χ4v) is 4.06. The minimum atomic E-state index is -2.79. The van der Waals surface area contributed by atoms with Crippen molar-refractivity contribution in [2.24, 2.45) is 0 Å². The average Bonchev–Trinajstić information content (AvgIpc) is 2.67. The minimum absolute atomic E-state index is 0. The molecule has 4 nitrogen and oxygen atoms in total. The van der Waals surface area contributed by atoms with Crippen molar-refractivity contribution < 1.29 is 13.9 Å². The van der Waals surface area contributed by atoms with Crippen LogP contribution in [0.1, 0.15) is 138 Å². The zero-order valence-corrected chi connectivity index (χ0v) is 21.5. The summed E-state index contributed by atoms with van der Waals surface area (Å²) < 4.78 is 17.8. The predicted octanol–water partition coefficient (Wildman–Crippen LogP) is 8.88. The molecule has 0 aromatic carbocycles. The van der Waals surface area contributed by atoms with E-state index in [1.54, 1.807) is 0 Å². The Kier molecular flexibility index (Phi) is 21.5. The maximum atomic E-state index is 12.3. The first kappa shape index (κ1) is 32.8. The number of carbonyl (C=O) groups excluding carboxylic acids is 1. The van der Waals surface area contributed by atoms with Gasteiger partial charge in [-0.05, 0) is 19.3 Å². The molecule has 0 rings (SSSR count).